The van der Waals surface area contributed by atoms with Gasteiger partial charge in [0.1, 0.15) is 0 Å². The van der Waals surface area contributed by atoms with Crippen LogP contribution in [0.3, 0.4) is 0 Å². The van der Waals surface area contributed by atoms with Gasteiger partial charge in [0.2, 0.25) is 0 Å². The van der Waals surface area contributed by atoms with Gasteiger partial charge in [-0.1, -0.05) is 19.8 Å². The predicted molar refractivity (Wildman–Crippen MR) is 81.7 cm³/mol. The van der Waals surface area contributed by atoms with Crippen LogP contribution in [0, 0.1) is 0 Å². The van der Waals surface area contributed by atoms with Crippen molar-refractivity contribution in [1.82, 2.24) is 0 Å². The molecule has 1 rings (SSSR count). The van der Waals surface area contributed by atoms with E-state index in [-0.39, 0.29) is 25.8 Å². The van der Waals surface area contributed by atoms with Crippen LogP contribution in [-0.4, -0.2) is 42.3 Å². The fraction of sp³-hybridized carbons (Fsp3) is 0.643. The summed E-state index contributed by atoms with van der Waals surface area (Å²) in [5.41, 5.74) is 1.47. The van der Waals surface area contributed by atoms with E-state index in [2.05, 4.69) is 47.1 Å². The van der Waals surface area contributed by atoms with E-state index < -0.39 is 0 Å². The van der Waals surface area contributed by atoms with Crippen molar-refractivity contribution >= 4 is 0 Å². The standard InChI is InChI=1S/C8H11.3C2H6N.Hf/c1-2-5-8-6-3-4-7-8;3*1-3-2;/h3-4,6-7H,2,5H2,1H3;3*1-2H3;/q4*-1;+4. The maximum atomic E-state index is 3.50. The molecule has 0 fully saturated rings. The van der Waals surface area contributed by atoms with Crippen molar-refractivity contribution in [2.24, 2.45) is 0 Å². The minimum Gasteiger partial charge on any atom is -0.668 e. The van der Waals surface area contributed by atoms with Crippen molar-refractivity contribution < 1.29 is 25.8 Å². The Bertz CT molecular complexity index is 172. The van der Waals surface area contributed by atoms with Gasteiger partial charge in [-0.25, -0.2) is 12.1 Å². The average molecular weight is 418 g/mol. The van der Waals surface area contributed by atoms with Crippen LogP contribution in [0.4, 0.5) is 0 Å². The molecule has 0 radical (unpaired) electrons. The van der Waals surface area contributed by atoms with Gasteiger partial charge in [-0.05, 0) is 0 Å². The first-order chi connectivity index (χ1) is 8.17. The van der Waals surface area contributed by atoms with E-state index in [1.54, 1.807) is 42.3 Å². The Morgan fingerprint density at radius 2 is 1.06 bits per heavy atom. The third kappa shape index (κ3) is 36.0. The summed E-state index contributed by atoms with van der Waals surface area (Å²) < 4.78 is 0. The van der Waals surface area contributed by atoms with Gasteiger partial charge in [-0.2, -0.15) is 60.0 Å². The summed E-state index contributed by atoms with van der Waals surface area (Å²) in [6.45, 7) is 2.20. The summed E-state index contributed by atoms with van der Waals surface area (Å²) in [6, 6.07) is 8.52. The molecule has 0 N–H and O–H groups in total. The molecule has 0 amide bonds. The molecule has 0 spiro atoms. The fourth-order valence-corrected chi connectivity index (χ4v) is 0.869. The van der Waals surface area contributed by atoms with Gasteiger partial charge < -0.3 is 16.0 Å². The second-order valence-corrected chi connectivity index (χ2v) is 3.38. The molecule has 0 aromatic heterocycles. The van der Waals surface area contributed by atoms with E-state index in [9.17, 15) is 0 Å². The molecule has 0 aliphatic carbocycles. The van der Waals surface area contributed by atoms with E-state index in [1.165, 1.54) is 18.4 Å². The zero-order chi connectivity index (χ0) is 13.9. The summed E-state index contributed by atoms with van der Waals surface area (Å²) >= 11 is 0. The van der Waals surface area contributed by atoms with E-state index in [1.807, 2.05) is 0 Å². The summed E-state index contributed by atoms with van der Waals surface area (Å²) in [6.07, 6.45) is 2.48. The van der Waals surface area contributed by atoms with Gasteiger partial charge >= 0.3 is 25.8 Å². The second-order valence-electron chi connectivity index (χ2n) is 3.38. The average Bonchev–Trinajstić information content (AvgIpc) is 2.75. The molecule has 0 saturated carbocycles. The summed E-state index contributed by atoms with van der Waals surface area (Å²) in [5.74, 6) is 0. The van der Waals surface area contributed by atoms with Crippen molar-refractivity contribution in [3.8, 4) is 0 Å². The Kier molecular flexibility index (Phi) is 44.8. The van der Waals surface area contributed by atoms with E-state index in [0.717, 1.165) is 0 Å². The van der Waals surface area contributed by atoms with Crippen LogP contribution in [0.2, 0.25) is 0 Å². The van der Waals surface area contributed by atoms with Crippen LogP contribution in [-0.2, 0) is 32.3 Å². The molecule has 1 aromatic rings. The Morgan fingerprint density at radius 1 is 0.778 bits per heavy atom. The molecule has 3 nitrogen and oxygen atoms in total. The largest absolute Gasteiger partial charge is 4.00 e. The SMILES string of the molecule is CCC[c-]1cccc1.C[N-]C.C[N-]C.C[N-]C.[Hf+4]. The predicted octanol–water partition coefficient (Wildman–Crippen LogP) is 4.21. The molecule has 0 unspecified atom stereocenters. The smallest absolute Gasteiger partial charge is 0.668 e. The zero-order valence-corrected chi connectivity index (χ0v) is 16.7. The molecule has 0 saturated heterocycles. The molecule has 1 aromatic carbocycles. The summed E-state index contributed by atoms with van der Waals surface area (Å²) in [7, 11) is 10.5. The normalized spacial score (nSPS) is 7.28. The van der Waals surface area contributed by atoms with Crippen molar-refractivity contribution in [1.29, 1.82) is 0 Å². The van der Waals surface area contributed by atoms with Crippen molar-refractivity contribution in [2.75, 3.05) is 42.3 Å². The van der Waals surface area contributed by atoms with Crippen LogP contribution < -0.4 is 0 Å². The van der Waals surface area contributed by atoms with Crippen molar-refractivity contribution in [3.63, 3.8) is 0 Å². The van der Waals surface area contributed by atoms with Crippen LogP contribution in [0.25, 0.3) is 16.0 Å². The molecule has 0 atom stereocenters. The molecule has 0 heterocycles. The first-order valence-electron chi connectivity index (χ1n) is 5.82. The second kappa shape index (κ2) is 30.3. The van der Waals surface area contributed by atoms with Crippen molar-refractivity contribution in [2.45, 2.75) is 19.8 Å². The van der Waals surface area contributed by atoms with Gasteiger partial charge in [0.05, 0.1) is 0 Å². The zero-order valence-electron chi connectivity index (χ0n) is 13.1. The van der Waals surface area contributed by atoms with Crippen LogP contribution in [0.15, 0.2) is 24.3 Å². The molecule has 0 aliphatic rings. The first kappa shape index (κ1) is 26.6. The fourth-order valence-electron chi connectivity index (χ4n) is 0.869. The molecular weight excluding hydrogens is 389 g/mol. The molecule has 104 valence electrons. The first-order valence-corrected chi connectivity index (χ1v) is 5.82. The Hall–Kier alpha value is 0.100. The topological polar surface area (TPSA) is 42.3 Å². The number of hydrogen-bond acceptors (Lipinski definition) is 0. The summed E-state index contributed by atoms with van der Waals surface area (Å²) in [4.78, 5) is 0. The monoisotopic (exact) mass is 419 g/mol. The Morgan fingerprint density at radius 3 is 1.28 bits per heavy atom. The molecule has 18 heavy (non-hydrogen) atoms. The molecular formula is C14H29HfN3. The summed E-state index contributed by atoms with van der Waals surface area (Å²) in [5, 5.41) is 10.5. The van der Waals surface area contributed by atoms with Gasteiger partial charge in [0.25, 0.3) is 0 Å². The quantitative estimate of drug-likeness (QED) is 0.511. The van der Waals surface area contributed by atoms with E-state index in [0.29, 0.717) is 0 Å². The molecule has 0 aliphatic heterocycles. The number of nitrogens with zero attached hydrogens (tertiary/aromatic N) is 3. The number of hydrogen-bond donors (Lipinski definition) is 0. The third-order valence-electron chi connectivity index (χ3n) is 1.27. The van der Waals surface area contributed by atoms with Gasteiger partial charge in [0, 0.05) is 0 Å². The third-order valence-corrected chi connectivity index (χ3v) is 1.27. The minimum absolute atomic E-state index is 0. The minimum atomic E-state index is 0. The van der Waals surface area contributed by atoms with Gasteiger partial charge in [-0.15, -0.1) is 0 Å². The Labute approximate surface area is 133 Å². The number of rotatable bonds is 2. The van der Waals surface area contributed by atoms with Crippen LogP contribution >= 0.6 is 0 Å². The Balaban J connectivity index is -0.0000000840. The maximum Gasteiger partial charge on any atom is 4.00 e. The van der Waals surface area contributed by atoms with Crippen LogP contribution in [0.1, 0.15) is 18.9 Å². The maximum absolute atomic E-state index is 3.50. The van der Waals surface area contributed by atoms with Gasteiger partial charge in [-0.3, -0.25) is 0 Å². The van der Waals surface area contributed by atoms with Crippen molar-refractivity contribution in [3.05, 3.63) is 45.8 Å². The number of aryl methyl sites for hydroxylation is 1. The van der Waals surface area contributed by atoms with E-state index in [4.69, 9.17) is 0 Å². The van der Waals surface area contributed by atoms with Gasteiger partial charge in [0.15, 0.2) is 0 Å². The van der Waals surface area contributed by atoms with Crippen LogP contribution in [0.5, 0.6) is 0 Å². The molecule has 0 bridgehead atoms. The molecule has 4 heteroatoms. The van der Waals surface area contributed by atoms with E-state index >= 15 is 0 Å².